The van der Waals surface area contributed by atoms with Crippen LogP contribution in [-0.4, -0.2) is 32.7 Å². The standard InChI is InChI=1S/C27H51N3S3/c1-4-7-10-13-16-19-22-31-25-26(32-23-20-17-14-11-8-5-2)28-30-29-27(25)33-24-21-18-15-12-9-6-3/h4-24H2,1-3H3. The summed E-state index contributed by atoms with van der Waals surface area (Å²) in [5, 5.41) is 15.3. The minimum atomic E-state index is 1.12. The lowest BCUT2D eigenvalue weighted by Crippen LogP contribution is -1.99. The Labute approximate surface area is 218 Å². The van der Waals surface area contributed by atoms with Gasteiger partial charge in [-0.1, -0.05) is 117 Å². The minimum Gasteiger partial charge on any atom is -0.122 e. The minimum absolute atomic E-state index is 1.12. The van der Waals surface area contributed by atoms with Crippen LogP contribution in [0.25, 0.3) is 0 Å². The van der Waals surface area contributed by atoms with Gasteiger partial charge in [-0.3, -0.25) is 0 Å². The molecule has 0 unspecified atom stereocenters. The molecule has 0 radical (unpaired) electrons. The molecular weight excluding hydrogens is 463 g/mol. The molecular formula is C27H51N3S3. The zero-order valence-corrected chi connectivity index (χ0v) is 24.4. The summed E-state index contributed by atoms with van der Waals surface area (Å²) in [6, 6.07) is 0. The van der Waals surface area contributed by atoms with E-state index in [1.165, 1.54) is 126 Å². The Morgan fingerprint density at radius 3 is 1.15 bits per heavy atom. The molecule has 0 aliphatic carbocycles. The van der Waals surface area contributed by atoms with Gasteiger partial charge in [0.15, 0.2) is 0 Å². The third-order valence-electron chi connectivity index (χ3n) is 5.88. The average molecular weight is 514 g/mol. The molecule has 192 valence electrons. The summed E-state index contributed by atoms with van der Waals surface area (Å²) in [7, 11) is 0. The van der Waals surface area contributed by atoms with E-state index in [0.29, 0.717) is 0 Å². The fourth-order valence-electron chi connectivity index (χ4n) is 3.76. The van der Waals surface area contributed by atoms with Gasteiger partial charge in [0.05, 0.1) is 4.90 Å². The lowest BCUT2D eigenvalue weighted by atomic mass is 10.1. The Kier molecular flexibility index (Phi) is 22.4. The van der Waals surface area contributed by atoms with Crippen molar-refractivity contribution in [1.29, 1.82) is 0 Å². The maximum absolute atomic E-state index is 4.47. The van der Waals surface area contributed by atoms with E-state index in [1.807, 2.05) is 35.3 Å². The molecule has 0 aliphatic rings. The van der Waals surface area contributed by atoms with Gasteiger partial charge in [-0.2, -0.15) is 0 Å². The van der Waals surface area contributed by atoms with Crippen molar-refractivity contribution in [1.82, 2.24) is 15.4 Å². The van der Waals surface area contributed by atoms with Crippen LogP contribution < -0.4 is 0 Å². The molecule has 0 bridgehead atoms. The van der Waals surface area contributed by atoms with Gasteiger partial charge in [0.25, 0.3) is 0 Å². The summed E-state index contributed by atoms with van der Waals surface area (Å²) >= 11 is 5.79. The Hall–Kier alpha value is 0.0600. The number of hydrogen-bond acceptors (Lipinski definition) is 6. The van der Waals surface area contributed by atoms with Crippen molar-refractivity contribution in [3.63, 3.8) is 0 Å². The summed E-state index contributed by atoms with van der Waals surface area (Å²) in [6.07, 6.45) is 24.2. The molecule has 0 aromatic carbocycles. The fraction of sp³-hybridized carbons (Fsp3) is 0.889. The Morgan fingerprint density at radius 2 is 0.758 bits per heavy atom. The third-order valence-corrected chi connectivity index (χ3v) is 9.41. The number of rotatable bonds is 24. The smallest absolute Gasteiger partial charge is 0.122 e. The van der Waals surface area contributed by atoms with E-state index in [9.17, 15) is 0 Å². The molecule has 0 aliphatic heterocycles. The Bertz CT molecular complexity index is 521. The van der Waals surface area contributed by atoms with E-state index in [0.717, 1.165) is 21.6 Å². The van der Waals surface area contributed by atoms with E-state index in [-0.39, 0.29) is 0 Å². The topological polar surface area (TPSA) is 38.7 Å². The second-order valence-corrected chi connectivity index (χ2v) is 12.3. The van der Waals surface area contributed by atoms with Crippen molar-refractivity contribution in [3.8, 4) is 0 Å². The van der Waals surface area contributed by atoms with Crippen LogP contribution in [0.4, 0.5) is 0 Å². The SMILES string of the molecule is CCCCCCCCSc1nnnc(SCCCCCCCC)c1SCCCCCCCC. The molecule has 0 amide bonds. The molecule has 0 N–H and O–H groups in total. The summed E-state index contributed by atoms with van der Waals surface area (Å²) in [5.74, 6) is 3.47. The van der Waals surface area contributed by atoms with Gasteiger partial charge in [0.1, 0.15) is 10.1 Å². The van der Waals surface area contributed by atoms with Gasteiger partial charge in [0, 0.05) is 0 Å². The van der Waals surface area contributed by atoms with Crippen LogP contribution >= 0.6 is 35.3 Å². The molecule has 33 heavy (non-hydrogen) atoms. The van der Waals surface area contributed by atoms with Crippen LogP contribution in [0.15, 0.2) is 14.9 Å². The van der Waals surface area contributed by atoms with Gasteiger partial charge in [-0.05, 0) is 41.7 Å². The first-order chi connectivity index (χ1) is 16.3. The van der Waals surface area contributed by atoms with Gasteiger partial charge in [0.2, 0.25) is 0 Å². The highest BCUT2D eigenvalue weighted by atomic mass is 32.2. The van der Waals surface area contributed by atoms with Gasteiger partial charge >= 0.3 is 0 Å². The first-order valence-electron chi connectivity index (χ1n) is 13.9. The van der Waals surface area contributed by atoms with Crippen LogP contribution in [0, 0.1) is 0 Å². The van der Waals surface area contributed by atoms with E-state index >= 15 is 0 Å². The molecule has 6 heteroatoms. The van der Waals surface area contributed by atoms with E-state index in [2.05, 4.69) is 36.2 Å². The van der Waals surface area contributed by atoms with Crippen molar-refractivity contribution in [2.75, 3.05) is 17.3 Å². The highest BCUT2D eigenvalue weighted by molar-refractivity contribution is 8.03. The fourth-order valence-corrected chi connectivity index (χ4v) is 7.14. The van der Waals surface area contributed by atoms with Crippen LogP contribution in [0.1, 0.15) is 136 Å². The van der Waals surface area contributed by atoms with Gasteiger partial charge in [-0.15, -0.1) is 45.5 Å². The first kappa shape index (κ1) is 31.1. The summed E-state index contributed by atoms with van der Waals surface area (Å²) in [4.78, 5) is 1.31. The summed E-state index contributed by atoms with van der Waals surface area (Å²) < 4.78 is 0. The van der Waals surface area contributed by atoms with Crippen molar-refractivity contribution in [2.45, 2.75) is 151 Å². The van der Waals surface area contributed by atoms with Crippen LogP contribution in [0.2, 0.25) is 0 Å². The summed E-state index contributed by atoms with van der Waals surface area (Å²) in [5.41, 5.74) is 0. The normalized spacial score (nSPS) is 11.4. The molecule has 0 fully saturated rings. The molecule has 3 nitrogen and oxygen atoms in total. The maximum Gasteiger partial charge on any atom is 0.137 e. The third kappa shape index (κ3) is 17.2. The predicted molar refractivity (Wildman–Crippen MR) is 152 cm³/mol. The highest BCUT2D eigenvalue weighted by Crippen LogP contribution is 2.36. The lowest BCUT2D eigenvalue weighted by Gasteiger charge is -2.11. The number of nitrogens with zero attached hydrogens (tertiary/aromatic N) is 3. The van der Waals surface area contributed by atoms with Crippen LogP contribution in [0.3, 0.4) is 0 Å². The molecule has 1 aromatic rings. The van der Waals surface area contributed by atoms with Crippen LogP contribution in [0.5, 0.6) is 0 Å². The number of thioether (sulfide) groups is 3. The van der Waals surface area contributed by atoms with E-state index < -0.39 is 0 Å². The average Bonchev–Trinajstić information content (AvgIpc) is 2.83. The zero-order valence-electron chi connectivity index (χ0n) is 21.9. The van der Waals surface area contributed by atoms with Crippen molar-refractivity contribution in [3.05, 3.63) is 0 Å². The molecule has 0 saturated carbocycles. The van der Waals surface area contributed by atoms with E-state index in [4.69, 9.17) is 0 Å². The monoisotopic (exact) mass is 513 g/mol. The molecule has 1 heterocycles. The predicted octanol–water partition coefficient (Wildman–Crippen LogP) is 10.2. The summed E-state index contributed by atoms with van der Waals surface area (Å²) in [6.45, 7) is 6.85. The lowest BCUT2D eigenvalue weighted by molar-refractivity contribution is 0.625. The van der Waals surface area contributed by atoms with Crippen LogP contribution in [-0.2, 0) is 0 Å². The first-order valence-corrected chi connectivity index (χ1v) is 16.9. The van der Waals surface area contributed by atoms with Crippen molar-refractivity contribution in [2.24, 2.45) is 0 Å². The molecule has 0 spiro atoms. The zero-order chi connectivity index (χ0) is 23.8. The number of aromatic nitrogens is 3. The Balaban J connectivity index is 2.51. The second kappa shape index (κ2) is 23.8. The quantitative estimate of drug-likeness (QED) is 0.101. The molecule has 0 atom stereocenters. The highest BCUT2D eigenvalue weighted by Gasteiger charge is 2.14. The maximum atomic E-state index is 4.47. The number of hydrogen-bond donors (Lipinski definition) is 0. The Morgan fingerprint density at radius 1 is 0.424 bits per heavy atom. The van der Waals surface area contributed by atoms with Gasteiger partial charge in [-0.25, -0.2) is 0 Å². The second-order valence-electron chi connectivity index (χ2n) is 9.08. The largest absolute Gasteiger partial charge is 0.137 e. The molecule has 0 saturated heterocycles. The van der Waals surface area contributed by atoms with Crippen molar-refractivity contribution < 1.29 is 0 Å². The molecule has 1 aromatic heterocycles. The van der Waals surface area contributed by atoms with Crippen molar-refractivity contribution >= 4 is 35.3 Å². The van der Waals surface area contributed by atoms with E-state index in [1.54, 1.807) is 0 Å². The number of unbranched alkanes of at least 4 members (excludes halogenated alkanes) is 15. The van der Waals surface area contributed by atoms with Gasteiger partial charge < -0.3 is 0 Å². The molecule has 1 rings (SSSR count).